The van der Waals surface area contributed by atoms with Crippen LogP contribution in [0.5, 0.6) is 0 Å². The minimum atomic E-state index is -0.860. The third-order valence-corrected chi connectivity index (χ3v) is 4.20. The number of aliphatic hydroxyl groups is 2. The van der Waals surface area contributed by atoms with Crippen molar-refractivity contribution in [2.75, 3.05) is 18.5 Å². The van der Waals surface area contributed by atoms with Gasteiger partial charge in [-0.05, 0) is 22.0 Å². The highest BCUT2D eigenvalue weighted by atomic mass is 79.9. The number of fused-ring (bicyclic) bond motifs is 1. The van der Waals surface area contributed by atoms with E-state index < -0.39 is 6.10 Å². The summed E-state index contributed by atoms with van der Waals surface area (Å²) in [4.78, 5) is 4.59. The summed E-state index contributed by atoms with van der Waals surface area (Å²) in [6.07, 6.45) is 0.785. The SMILES string of the molecule is OCC(O)CNc1cc(-c2ccccc2Cl)nc2c(Br)cnn12. The van der Waals surface area contributed by atoms with Gasteiger partial charge in [0, 0.05) is 23.2 Å². The molecule has 0 aliphatic carbocycles. The number of hydrogen-bond acceptors (Lipinski definition) is 5. The van der Waals surface area contributed by atoms with Crippen LogP contribution in [-0.2, 0) is 0 Å². The molecule has 1 aromatic carbocycles. The van der Waals surface area contributed by atoms with Crippen molar-refractivity contribution >= 4 is 39.0 Å². The molecule has 0 saturated heterocycles. The van der Waals surface area contributed by atoms with Gasteiger partial charge >= 0.3 is 0 Å². The Kier molecular flexibility index (Phi) is 4.82. The number of aliphatic hydroxyl groups excluding tert-OH is 2. The van der Waals surface area contributed by atoms with Gasteiger partial charge in [-0.3, -0.25) is 0 Å². The zero-order chi connectivity index (χ0) is 16.4. The Morgan fingerprint density at radius 3 is 2.87 bits per heavy atom. The van der Waals surface area contributed by atoms with Crippen molar-refractivity contribution in [1.82, 2.24) is 14.6 Å². The molecule has 1 atom stereocenters. The molecular formula is C15H14BrClN4O2. The number of rotatable bonds is 5. The quantitative estimate of drug-likeness (QED) is 0.616. The molecule has 0 aliphatic heterocycles. The molecule has 0 spiro atoms. The van der Waals surface area contributed by atoms with Crippen LogP contribution >= 0.6 is 27.5 Å². The third-order valence-electron chi connectivity index (χ3n) is 3.31. The van der Waals surface area contributed by atoms with Crippen LogP contribution in [0, 0.1) is 0 Å². The second-order valence-electron chi connectivity index (χ2n) is 4.95. The molecule has 0 bridgehead atoms. The molecule has 2 heterocycles. The second-order valence-corrected chi connectivity index (χ2v) is 6.21. The van der Waals surface area contributed by atoms with E-state index in [9.17, 15) is 5.11 Å². The lowest BCUT2D eigenvalue weighted by atomic mass is 10.1. The molecule has 1 unspecified atom stereocenters. The number of nitrogens with one attached hydrogen (secondary N) is 1. The predicted molar refractivity (Wildman–Crippen MR) is 92.7 cm³/mol. The standard InChI is InChI=1S/C15H14BrClN4O2/c16-11-7-19-21-14(18-6-9(23)8-22)5-13(20-15(11)21)10-3-1-2-4-12(10)17/h1-5,7,9,18,22-23H,6,8H2. The number of aromatic nitrogens is 3. The number of halogens is 2. The Hall–Kier alpha value is -1.67. The molecule has 6 nitrogen and oxygen atoms in total. The second kappa shape index (κ2) is 6.84. The van der Waals surface area contributed by atoms with Crippen LogP contribution in [0.3, 0.4) is 0 Å². The minimum absolute atomic E-state index is 0.190. The molecule has 3 rings (SSSR count). The highest BCUT2D eigenvalue weighted by molar-refractivity contribution is 9.10. The first-order valence-corrected chi connectivity index (χ1v) is 8.09. The van der Waals surface area contributed by atoms with E-state index in [4.69, 9.17) is 16.7 Å². The molecule has 3 N–H and O–H groups in total. The van der Waals surface area contributed by atoms with Gasteiger partial charge in [0.15, 0.2) is 5.65 Å². The van der Waals surface area contributed by atoms with Crippen molar-refractivity contribution in [1.29, 1.82) is 0 Å². The van der Waals surface area contributed by atoms with Crippen molar-refractivity contribution in [2.24, 2.45) is 0 Å². The van der Waals surface area contributed by atoms with Crippen molar-refractivity contribution in [3.05, 3.63) is 46.0 Å². The van der Waals surface area contributed by atoms with Gasteiger partial charge in [-0.15, -0.1) is 0 Å². The fourth-order valence-electron chi connectivity index (χ4n) is 2.16. The van der Waals surface area contributed by atoms with Crippen LogP contribution in [0.2, 0.25) is 5.02 Å². The molecule has 0 saturated carbocycles. The molecule has 3 aromatic rings. The van der Waals surface area contributed by atoms with E-state index in [0.717, 1.165) is 10.0 Å². The average molecular weight is 398 g/mol. The van der Waals surface area contributed by atoms with E-state index in [1.807, 2.05) is 18.2 Å². The Labute approximate surface area is 145 Å². The first kappa shape index (κ1) is 16.2. The van der Waals surface area contributed by atoms with Crippen LogP contribution < -0.4 is 5.32 Å². The summed E-state index contributed by atoms with van der Waals surface area (Å²) in [5.41, 5.74) is 2.12. The number of hydrogen-bond donors (Lipinski definition) is 3. The maximum atomic E-state index is 9.54. The van der Waals surface area contributed by atoms with Gasteiger partial charge < -0.3 is 15.5 Å². The molecule has 0 radical (unpaired) electrons. The lowest BCUT2D eigenvalue weighted by molar-refractivity contribution is 0.105. The van der Waals surface area contributed by atoms with Gasteiger partial charge in [-0.1, -0.05) is 29.8 Å². The Bertz CT molecular complexity index is 839. The number of benzene rings is 1. The molecule has 0 amide bonds. The third kappa shape index (κ3) is 3.32. The largest absolute Gasteiger partial charge is 0.394 e. The molecule has 0 fully saturated rings. The molecular weight excluding hydrogens is 384 g/mol. The van der Waals surface area contributed by atoms with E-state index in [0.29, 0.717) is 22.2 Å². The summed E-state index contributed by atoms with van der Waals surface area (Å²) in [6, 6.07) is 9.24. The summed E-state index contributed by atoms with van der Waals surface area (Å²) in [6.45, 7) is -0.129. The number of anilines is 1. The highest BCUT2D eigenvalue weighted by Gasteiger charge is 2.13. The summed E-state index contributed by atoms with van der Waals surface area (Å²) >= 11 is 9.68. The Morgan fingerprint density at radius 2 is 2.13 bits per heavy atom. The molecule has 8 heteroatoms. The maximum Gasteiger partial charge on any atom is 0.172 e. The molecule has 23 heavy (non-hydrogen) atoms. The van der Waals surface area contributed by atoms with E-state index >= 15 is 0 Å². The predicted octanol–water partition coefficient (Wildman–Crippen LogP) is 2.58. The monoisotopic (exact) mass is 396 g/mol. The number of nitrogens with zero attached hydrogens (tertiary/aromatic N) is 3. The van der Waals surface area contributed by atoms with Gasteiger partial charge in [0.2, 0.25) is 0 Å². The fourth-order valence-corrected chi connectivity index (χ4v) is 2.74. The highest BCUT2D eigenvalue weighted by Crippen LogP contribution is 2.30. The van der Waals surface area contributed by atoms with Gasteiger partial charge in [0.1, 0.15) is 5.82 Å². The van der Waals surface area contributed by atoms with Crippen molar-refractivity contribution in [3.63, 3.8) is 0 Å². The van der Waals surface area contributed by atoms with E-state index in [1.54, 1.807) is 22.8 Å². The first-order chi connectivity index (χ1) is 11.1. The van der Waals surface area contributed by atoms with Crippen molar-refractivity contribution in [2.45, 2.75) is 6.10 Å². The topological polar surface area (TPSA) is 82.7 Å². The van der Waals surface area contributed by atoms with Crippen LogP contribution in [0.1, 0.15) is 0 Å². The smallest absolute Gasteiger partial charge is 0.172 e. The van der Waals surface area contributed by atoms with Crippen LogP contribution in [0.4, 0.5) is 5.82 Å². The first-order valence-electron chi connectivity index (χ1n) is 6.92. The molecule has 0 aliphatic rings. The summed E-state index contributed by atoms with van der Waals surface area (Å²) in [7, 11) is 0. The molecule has 2 aromatic heterocycles. The van der Waals surface area contributed by atoms with Crippen LogP contribution in [0.25, 0.3) is 16.9 Å². The summed E-state index contributed by atoms with van der Waals surface area (Å²) in [5.74, 6) is 0.642. The average Bonchev–Trinajstić information content (AvgIpc) is 2.94. The van der Waals surface area contributed by atoms with Crippen molar-refractivity contribution in [3.8, 4) is 11.3 Å². The Balaban J connectivity index is 2.09. The maximum absolute atomic E-state index is 9.54. The van der Waals surface area contributed by atoms with Crippen LogP contribution in [0.15, 0.2) is 41.0 Å². The van der Waals surface area contributed by atoms with Gasteiger partial charge in [-0.25, -0.2) is 4.98 Å². The normalized spacial score (nSPS) is 12.5. The Morgan fingerprint density at radius 1 is 1.35 bits per heavy atom. The van der Waals surface area contributed by atoms with E-state index in [2.05, 4.69) is 31.3 Å². The molecule has 120 valence electrons. The zero-order valence-corrected chi connectivity index (χ0v) is 14.3. The van der Waals surface area contributed by atoms with Gasteiger partial charge in [-0.2, -0.15) is 9.61 Å². The van der Waals surface area contributed by atoms with Crippen LogP contribution in [-0.4, -0.2) is 44.1 Å². The zero-order valence-electron chi connectivity index (χ0n) is 11.9. The summed E-state index contributed by atoms with van der Waals surface area (Å²) in [5, 5.41) is 26.4. The van der Waals surface area contributed by atoms with Crippen molar-refractivity contribution < 1.29 is 10.2 Å². The van der Waals surface area contributed by atoms with Gasteiger partial charge in [0.25, 0.3) is 0 Å². The minimum Gasteiger partial charge on any atom is -0.394 e. The summed E-state index contributed by atoms with van der Waals surface area (Å²) < 4.78 is 2.37. The van der Waals surface area contributed by atoms with E-state index in [-0.39, 0.29) is 13.2 Å². The van der Waals surface area contributed by atoms with Gasteiger partial charge in [0.05, 0.1) is 29.1 Å². The van der Waals surface area contributed by atoms with E-state index in [1.165, 1.54) is 0 Å². The lowest BCUT2D eigenvalue weighted by Gasteiger charge is -2.13. The lowest BCUT2D eigenvalue weighted by Crippen LogP contribution is -2.24. The fraction of sp³-hybridized carbons (Fsp3) is 0.200.